The zero-order valence-corrected chi connectivity index (χ0v) is 13.3. The summed E-state index contributed by atoms with van der Waals surface area (Å²) in [4.78, 5) is 9.44. The van der Waals surface area contributed by atoms with E-state index in [1.165, 1.54) is 31.6 Å². The SMILES string of the molecule is CC(C)n1cncc1CN1C[C@H]2CC[C@@H](C1)C2N(C)C. The van der Waals surface area contributed by atoms with Crippen molar-refractivity contribution in [3.8, 4) is 0 Å². The molecule has 0 radical (unpaired) electrons. The Hall–Kier alpha value is -0.870. The van der Waals surface area contributed by atoms with Crippen molar-refractivity contribution in [3.05, 3.63) is 18.2 Å². The lowest BCUT2D eigenvalue weighted by molar-refractivity contribution is 0.0699. The first kappa shape index (κ1) is 14.1. The zero-order chi connectivity index (χ0) is 14.3. The molecule has 0 amide bonds. The Morgan fingerprint density at radius 1 is 1.25 bits per heavy atom. The van der Waals surface area contributed by atoms with Gasteiger partial charge in [0.2, 0.25) is 0 Å². The Balaban J connectivity index is 1.68. The number of likely N-dealkylation sites (tertiary alicyclic amines) is 1. The highest BCUT2D eigenvalue weighted by molar-refractivity contribution is 5.03. The van der Waals surface area contributed by atoms with Crippen LogP contribution in [0.5, 0.6) is 0 Å². The average molecular weight is 276 g/mol. The normalized spacial score (nSPS) is 30.6. The van der Waals surface area contributed by atoms with Crippen molar-refractivity contribution in [2.45, 2.75) is 45.3 Å². The first-order chi connectivity index (χ1) is 9.56. The summed E-state index contributed by atoms with van der Waals surface area (Å²) in [6.45, 7) is 8.02. The number of hydrogen-bond acceptors (Lipinski definition) is 3. The highest BCUT2D eigenvalue weighted by atomic mass is 15.2. The third kappa shape index (κ3) is 2.51. The highest BCUT2D eigenvalue weighted by Gasteiger charge is 2.42. The molecule has 1 saturated carbocycles. The van der Waals surface area contributed by atoms with Crippen molar-refractivity contribution in [2.24, 2.45) is 11.8 Å². The molecular formula is C16H28N4. The van der Waals surface area contributed by atoms with Crippen LogP contribution in [-0.2, 0) is 6.54 Å². The van der Waals surface area contributed by atoms with E-state index < -0.39 is 0 Å². The molecule has 2 aliphatic rings. The van der Waals surface area contributed by atoms with Gasteiger partial charge in [0.15, 0.2) is 0 Å². The fourth-order valence-electron chi connectivity index (χ4n) is 4.41. The summed E-state index contributed by atoms with van der Waals surface area (Å²) in [7, 11) is 4.50. The van der Waals surface area contributed by atoms with Gasteiger partial charge in [-0.2, -0.15) is 0 Å². The lowest BCUT2D eigenvalue weighted by Gasteiger charge is -2.41. The van der Waals surface area contributed by atoms with Gasteiger partial charge >= 0.3 is 0 Å². The number of nitrogens with zero attached hydrogens (tertiary/aromatic N) is 4. The molecule has 112 valence electrons. The molecule has 20 heavy (non-hydrogen) atoms. The quantitative estimate of drug-likeness (QED) is 0.843. The maximum absolute atomic E-state index is 4.33. The van der Waals surface area contributed by atoms with Crippen molar-refractivity contribution in [2.75, 3.05) is 27.2 Å². The summed E-state index contributed by atoms with van der Waals surface area (Å²) in [5, 5.41) is 0. The fraction of sp³-hybridized carbons (Fsp3) is 0.812. The summed E-state index contributed by atoms with van der Waals surface area (Å²) in [6.07, 6.45) is 6.84. The molecule has 1 aromatic rings. The highest BCUT2D eigenvalue weighted by Crippen LogP contribution is 2.39. The summed E-state index contributed by atoms with van der Waals surface area (Å²) < 4.78 is 2.31. The molecule has 0 N–H and O–H groups in total. The predicted molar refractivity (Wildman–Crippen MR) is 81.6 cm³/mol. The summed E-state index contributed by atoms with van der Waals surface area (Å²) in [5.41, 5.74) is 1.36. The van der Waals surface area contributed by atoms with Crippen LogP contribution in [0.15, 0.2) is 12.5 Å². The molecule has 2 bridgehead atoms. The van der Waals surface area contributed by atoms with Gasteiger partial charge in [-0.15, -0.1) is 0 Å². The van der Waals surface area contributed by atoms with Gasteiger partial charge < -0.3 is 9.47 Å². The molecule has 3 rings (SSSR count). The first-order valence-corrected chi connectivity index (χ1v) is 7.95. The van der Waals surface area contributed by atoms with E-state index in [2.05, 4.69) is 47.3 Å². The fourth-order valence-corrected chi connectivity index (χ4v) is 4.41. The van der Waals surface area contributed by atoms with Gasteiger partial charge in [-0.1, -0.05) is 0 Å². The van der Waals surface area contributed by atoms with Crippen molar-refractivity contribution >= 4 is 0 Å². The van der Waals surface area contributed by atoms with Gasteiger partial charge in [-0.25, -0.2) is 4.98 Å². The monoisotopic (exact) mass is 276 g/mol. The molecule has 2 fully saturated rings. The smallest absolute Gasteiger partial charge is 0.0951 e. The molecule has 4 heteroatoms. The van der Waals surface area contributed by atoms with Crippen LogP contribution < -0.4 is 0 Å². The summed E-state index contributed by atoms with van der Waals surface area (Å²) in [6, 6.07) is 1.31. The minimum Gasteiger partial charge on any atom is -0.331 e. The van der Waals surface area contributed by atoms with E-state index >= 15 is 0 Å². The van der Waals surface area contributed by atoms with Crippen LogP contribution in [-0.4, -0.2) is 52.6 Å². The van der Waals surface area contributed by atoms with E-state index in [1.807, 2.05) is 12.5 Å². The molecule has 3 atom stereocenters. The van der Waals surface area contributed by atoms with E-state index in [-0.39, 0.29) is 0 Å². The molecule has 0 spiro atoms. The van der Waals surface area contributed by atoms with E-state index in [0.717, 1.165) is 24.4 Å². The number of rotatable bonds is 4. The van der Waals surface area contributed by atoms with Gasteiger partial charge in [-0.3, -0.25) is 4.90 Å². The number of fused-ring (bicyclic) bond motifs is 2. The Labute approximate surface area is 122 Å². The second-order valence-corrected chi connectivity index (χ2v) is 7.13. The number of hydrogen-bond donors (Lipinski definition) is 0. The van der Waals surface area contributed by atoms with E-state index in [0.29, 0.717) is 6.04 Å². The predicted octanol–water partition coefficient (Wildman–Crippen LogP) is 2.24. The second kappa shape index (κ2) is 5.49. The van der Waals surface area contributed by atoms with Crippen molar-refractivity contribution in [1.29, 1.82) is 0 Å². The van der Waals surface area contributed by atoms with Gasteiger partial charge in [0.1, 0.15) is 0 Å². The molecule has 1 aromatic heterocycles. The van der Waals surface area contributed by atoms with Crippen LogP contribution >= 0.6 is 0 Å². The van der Waals surface area contributed by atoms with Gasteiger partial charge in [-0.05, 0) is 52.6 Å². The number of imidazole rings is 1. The van der Waals surface area contributed by atoms with Gasteiger partial charge in [0.25, 0.3) is 0 Å². The topological polar surface area (TPSA) is 24.3 Å². The zero-order valence-electron chi connectivity index (χ0n) is 13.3. The van der Waals surface area contributed by atoms with E-state index in [4.69, 9.17) is 0 Å². The number of piperidine rings is 1. The van der Waals surface area contributed by atoms with E-state index in [1.54, 1.807) is 0 Å². The maximum atomic E-state index is 4.33. The minimum atomic E-state index is 0.503. The van der Waals surface area contributed by atoms with E-state index in [9.17, 15) is 0 Å². The third-order valence-electron chi connectivity index (χ3n) is 5.14. The van der Waals surface area contributed by atoms with Gasteiger partial charge in [0, 0.05) is 37.9 Å². The summed E-state index contributed by atoms with van der Waals surface area (Å²) in [5.74, 6) is 1.72. The Morgan fingerprint density at radius 2 is 1.90 bits per heavy atom. The Morgan fingerprint density at radius 3 is 2.45 bits per heavy atom. The van der Waals surface area contributed by atoms with Crippen LogP contribution in [0.25, 0.3) is 0 Å². The number of aromatic nitrogens is 2. The molecule has 2 heterocycles. The molecule has 0 aromatic carbocycles. The molecular weight excluding hydrogens is 248 g/mol. The Bertz CT molecular complexity index is 437. The second-order valence-electron chi connectivity index (χ2n) is 7.13. The lowest BCUT2D eigenvalue weighted by Crippen LogP contribution is -2.50. The molecule has 1 unspecified atom stereocenters. The average Bonchev–Trinajstić information content (AvgIpc) is 2.93. The minimum absolute atomic E-state index is 0.503. The molecule has 1 saturated heterocycles. The lowest BCUT2D eigenvalue weighted by atomic mass is 9.91. The standard InChI is InChI=1S/C16H28N4/c1-12(2)20-11-17-7-15(20)10-19-8-13-5-6-14(9-19)16(13)18(3)4/h7,11-14,16H,5-6,8-10H2,1-4H3/t13-,14+,16?. The van der Waals surface area contributed by atoms with Crippen molar-refractivity contribution in [3.63, 3.8) is 0 Å². The van der Waals surface area contributed by atoms with Crippen molar-refractivity contribution in [1.82, 2.24) is 19.4 Å². The maximum Gasteiger partial charge on any atom is 0.0951 e. The molecule has 1 aliphatic carbocycles. The van der Waals surface area contributed by atoms with Crippen LogP contribution in [0.1, 0.15) is 38.4 Å². The third-order valence-corrected chi connectivity index (χ3v) is 5.14. The molecule has 1 aliphatic heterocycles. The van der Waals surface area contributed by atoms with Crippen LogP contribution in [0, 0.1) is 11.8 Å². The molecule has 4 nitrogen and oxygen atoms in total. The van der Waals surface area contributed by atoms with Crippen LogP contribution in [0.3, 0.4) is 0 Å². The summed E-state index contributed by atoms with van der Waals surface area (Å²) >= 11 is 0. The largest absolute Gasteiger partial charge is 0.331 e. The van der Waals surface area contributed by atoms with Crippen molar-refractivity contribution < 1.29 is 0 Å². The van der Waals surface area contributed by atoms with Crippen LogP contribution in [0.2, 0.25) is 0 Å². The van der Waals surface area contributed by atoms with Crippen LogP contribution in [0.4, 0.5) is 0 Å². The Kier molecular flexibility index (Phi) is 3.87. The van der Waals surface area contributed by atoms with Gasteiger partial charge in [0.05, 0.1) is 12.0 Å². The first-order valence-electron chi connectivity index (χ1n) is 7.95.